The Morgan fingerprint density at radius 2 is 1.10 bits per heavy atom. The number of anilines is 2. The molecule has 0 fully saturated rings. The molecule has 4 N–H and O–H groups in total. The largest absolute Gasteiger partial charge is 0.461 e. The van der Waals surface area contributed by atoms with Gasteiger partial charge in [-0.15, -0.1) is 20.5 Å². The molecule has 0 saturated heterocycles. The van der Waals surface area contributed by atoms with Crippen LogP contribution in [-0.2, 0) is 23.6 Å². The van der Waals surface area contributed by atoms with Gasteiger partial charge in [-0.2, -0.15) is 19.6 Å². The van der Waals surface area contributed by atoms with Gasteiger partial charge in [0.05, 0.1) is 24.6 Å². The highest BCUT2D eigenvalue weighted by Gasteiger charge is 2.24. The van der Waals surface area contributed by atoms with Gasteiger partial charge in [-0.1, -0.05) is 0 Å². The third-order valence-corrected chi connectivity index (χ3v) is 7.20. The Morgan fingerprint density at radius 3 is 1.48 bits per heavy atom. The number of azo groups is 2. The van der Waals surface area contributed by atoms with Crippen LogP contribution in [0.1, 0.15) is 57.9 Å². The lowest BCUT2D eigenvalue weighted by Crippen LogP contribution is -2.09. The zero-order valence-electron chi connectivity index (χ0n) is 27.6. The Morgan fingerprint density at radius 1 is 0.708 bits per heavy atom. The molecule has 48 heavy (non-hydrogen) atoms. The third kappa shape index (κ3) is 5.97. The second-order valence-electron chi connectivity index (χ2n) is 10.3. The highest BCUT2D eigenvalue weighted by molar-refractivity contribution is 5.92. The van der Waals surface area contributed by atoms with Gasteiger partial charge in [0, 0.05) is 20.2 Å². The quantitative estimate of drug-likeness (QED) is 0.160. The molecule has 0 aliphatic carbocycles. The van der Waals surface area contributed by atoms with Crippen LogP contribution in [0.2, 0.25) is 0 Å². The van der Waals surface area contributed by atoms with Crippen LogP contribution in [0.25, 0.3) is 11.6 Å². The van der Waals surface area contributed by atoms with Crippen molar-refractivity contribution in [3.05, 3.63) is 46.8 Å². The molecule has 0 bridgehead atoms. The number of hydrogen-bond acceptors (Lipinski definition) is 16. The van der Waals surface area contributed by atoms with Gasteiger partial charge in [0.1, 0.15) is 18.0 Å². The minimum atomic E-state index is -0.615. The fourth-order valence-corrected chi connectivity index (χ4v) is 4.53. The first-order chi connectivity index (χ1) is 22.9. The minimum Gasteiger partial charge on any atom is -0.461 e. The number of nitrogen functional groups attached to an aromatic ring is 2. The summed E-state index contributed by atoms with van der Waals surface area (Å²) in [7, 11) is 3.41. The molecule has 0 unspecified atom stereocenters. The van der Waals surface area contributed by atoms with Gasteiger partial charge >= 0.3 is 11.9 Å². The van der Waals surface area contributed by atoms with E-state index in [1.54, 1.807) is 70.8 Å². The average Bonchev–Trinajstić information content (AvgIpc) is 3.72. The summed E-state index contributed by atoms with van der Waals surface area (Å²) < 4.78 is 16.2. The molecule has 0 aliphatic heterocycles. The van der Waals surface area contributed by atoms with Gasteiger partial charge < -0.3 is 30.1 Å². The molecule has 5 heterocycles. The number of aryl methyl sites for hydroxylation is 4. The molecule has 0 aliphatic rings. The molecular formula is C28H34N16O4. The van der Waals surface area contributed by atoms with Crippen molar-refractivity contribution in [3.63, 3.8) is 0 Å². The number of nitrogens with zero attached hydrogens (tertiary/aromatic N) is 14. The summed E-state index contributed by atoms with van der Waals surface area (Å²) in [5.74, 6) is 1.09. The van der Waals surface area contributed by atoms with E-state index in [2.05, 4.69) is 50.6 Å². The van der Waals surface area contributed by atoms with Crippen LogP contribution in [-0.4, -0.2) is 73.8 Å². The summed E-state index contributed by atoms with van der Waals surface area (Å²) in [6.45, 7) is 10.6. The number of nitrogens with two attached hydrogens (primary N) is 2. The van der Waals surface area contributed by atoms with Crippen molar-refractivity contribution in [1.82, 2.24) is 48.6 Å². The van der Waals surface area contributed by atoms with Gasteiger partial charge in [0.2, 0.25) is 0 Å². The van der Waals surface area contributed by atoms with E-state index in [0.717, 1.165) is 0 Å². The van der Waals surface area contributed by atoms with Crippen LogP contribution in [0, 0.1) is 27.7 Å². The zero-order valence-corrected chi connectivity index (χ0v) is 27.6. The van der Waals surface area contributed by atoms with Gasteiger partial charge in [-0.05, 0) is 41.5 Å². The Labute approximate surface area is 273 Å². The van der Waals surface area contributed by atoms with Crippen LogP contribution in [0.5, 0.6) is 0 Å². The van der Waals surface area contributed by atoms with Crippen molar-refractivity contribution >= 4 is 46.6 Å². The number of hydrogen-bond donors (Lipinski definition) is 2. The second-order valence-corrected chi connectivity index (χ2v) is 10.3. The SMILES string of the molecule is CCOC(=O)c1nc(C)n(C)c1/N=N/c1c(C)nn(-c2cc(-n3nc(C)c(/N=N/c4c(C(=O)OCC)nc(C)n4C)c3N)ncn2)c1N. The summed E-state index contributed by atoms with van der Waals surface area (Å²) in [4.78, 5) is 42.0. The number of rotatable bonds is 10. The van der Waals surface area contributed by atoms with Gasteiger partial charge in [0.15, 0.2) is 57.7 Å². The third-order valence-electron chi connectivity index (χ3n) is 7.20. The number of imidazole rings is 2. The van der Waals surface area contributed by atoms with Crippen molar-refractivity contribution < 1.29 is 19.1 Å². The predicted molar refractivity (Wildman–Crippen MR) is 171 cm³/mol. The molecule has 0 atom stereocenters. The minimum absolute atomic E-state index is 0.0329. The molecule has 250 valence electrons. The van der Waals surface area contributed by atoms with E-state index in [1.165, 1.54) is 15.7 Å². The Kier molecular flexibility index (Phi) is 9.07. The zero-order chi connectivity index (χ0) is 34.9. The van der Waals surface area contributed by atoms with Crippen molar-refractivity contribution in [2.24, 2.45) is 34.6 Å². The van der Waals surface area contributed by atoms with Crippen molar-refractivity contribution in [3.8, 4) is 11.6 Å². The Hall–Kier alpha value is -6.34. The van der Waals surface area contributed by atoms with E-state index in [4.69, 9.17) is 20.9 Å². The predicted octanol–water partition coefficient (Wildman–Crippen LogP) is 3.90. The van der Waals surface area contributed by atoms with Crippen LogP contribution in [0.3, 0.4) is 0 Å². The first kappa shape index (κ1) is 33.0. The van der Waals surface area contributed by atoms with Gasteiger partial charge in [0.25, 0.3) is 0 Å². The maximum atomic E-state index is 12.4. The Bertz CT molecular complexity index is 1950. The monoisotopic (exact) mass is 658 g/mol. The van der Waals surface area contributed by atoms with E-state index in [0.29, 0.717) is 23.0 Å². The summed E-state index contributed by atoms with van der Waals surface area (Å²) in [6, 6.07) is 1.57. The standard InChI is InChI=1S/C28H34N16O4/c1-9-47-27(45)21-25(41(7)15(5)33-21)37-35-19-13(3)39-43(23(19)29)17-11-18(32-12-31-17)44-24(30)20(14(4)40-44)36-38-26-22(28(46)48-10-2)34-16(6)42(26)8/h11-12H,9-10,29-30H2,1-8H3/b37-35+,38-36+. The van der Waals surface area contributed by atoms with Crippen LogP contribution in [0.4, 0.5) is 34.6 Å². The van der Waals surface area contributed by atoms with Crippen LogP contribution < -0.4 is 11.5 Å². The summed E-state index contributed by atoms with van der Waals surface area (Å²) in [5, 5.41) is 26.1. The van der Waals surface area contributed by atoms with Crippen molar-refractivity contribution in [2.75, 3.05) is 24.7 Å². The second kappa shape index (κ2) is 13.2. The van der Waals surface area contributed by atoms with E-state index in [9.17, 15) is 9.59 Å². The van der Waals surface area contributed by atoms with E-state index >= 15 is 0 Å². The highest BCUT2D eigenvalue weighted by atomic mass is 16.5. The normalized spacial score (nSPS) is 11.7. The molecular weight excluding hydrogens is 624 g/mol. The molecule has 0 saturated carbocycles. The molecule has 20 nitrogen and oxygen atoms in total. The number of ether oxygens (including phenoxy) is 2. The fourth-order valence-electron chi connectivity index (χ4n) is 4.53. The Balaban J connectivity index is 1.47. The average molecular weight is 659 g/mol. The molecule has 5 aromatic heterocycles. The highest BCUT2D eigenvalue weighted by Crippen LogP contribution is 2.33. The number of esters is 2. The first-order valence-corrected chi connectivity index (χ1v) is 14.6. The molecule has 0 spiro atoms. The summed E-state index contributed by atoms with van der Waals surface area (Å²) in [6.07, 6.45) is 1.30. The molecule has 0 aromatic carbocycles. The maximum Gasteiger partial charge on any atom is 0.360 e. The van der Waals surface area contributed by atoms with Crippen LogP contribution in [0.15, 0.2) is 32.9 Å². The van der Waals surface area contributed by atoms with Crippen molar-refractivity contribution in [2.45, 2.75) is 41.5 Å². The lowest BCUT2D eigenvalue weighted by Gasteiger charge is -2.06. The topological polar surface area (TPSA) is 251 Å². The van der Waals surface area contributed by atoms with Crippen molar-refractivity contribution in [1.29, 1.82) is 0 Å². The lowest BCUT2D eigenvalue weighted by molar-refractivity contribution is 0.0511. The van der Waals surface area contributed by atoms with Gasteiger partial charge in [-0.25, -0.2) is 29.5 Å². The van der Waals surface area contributed by atoms with Gasteiger partial charge in [-0.3, -0.25) is 0 Å². The summed E-state index contributed by atoms with van der Waals surface area (Å²) in [5.41, 5.74) is 14.4. The number of carbonyl (C=O) groups excluding carboxylic acids is 2. The summed E-state index contributed by atoms with van der Waals surface area (Å²) >= 11 is 0. The molecule has 0 amide bonds. The smallest absolute Gasteiger partial charge is 0.360 e. The molecule has 5 rings (SSSR count). The van der Waals surface area contributed by atoms with E-state index < -0.39 is 11.9 Å². The lowest BCUT2D eigenvalue weighted by atomic mass is 10.4. The number of aromatic nitrogens is 10. The first-order valence-electron chi connectivity index (χ1n) is 14.6. The van der Waals surface area contributed by atoms with Crippen LogP contribution >= 0.6 is 0 Å². The fraction of sp³-hybridized carbons (Fsp3) is 0.357. The molecule has 20 heteroatoms. The number of carbonyl (C=O) groups is 2. The molecule has 5 aromatic rings. The maximum absolute atomic E-state index is 12.4. The molecule has 0 radical (unpaired) electrons. The van der Waals surface area contributed by atoms with E-state index in [-0.39, 0.29) is 70.9 Å². The van der Waals surface area contributed by atoms with E-state index in [1.807, 2.05) is 0 Å².